The van der Waals surface area contributed by atoms with Gasteiger partial charge in [-0.2, -0.15) is 0 Å². The summed E-state index contributed by atoms with van der Waals surface area (Å²) in [6.07, 6.45) is 28.5. The van der Waals surface area contributed by atoms with Gasteiger partial charge in [-0.1, -0.05) is 64.7 Å². The zero-order chi connectivity index (χ0) is 18.9. The molecule has 0 bridgehead atoms. The van der Waals surface area contributed by atoms with E-state index in [0.29, 0.717) is 0 Å². The standard InChI is InChI=1S/C28H48/c1-20-15-26-18-25-14-12-23-10-6-9-21-7-4-2-3-5-8-22(21)11-13-24(23)17-28(25)19-27(26)16-20/h20-28H,2-19H2,1H3. The molecule has 9 atom stereocenters. The molecule has 28 heavy (non-hydrogen) atoms. The van der Waals surface area contributed by atoms with Crippen LogP contribution in [0.15, 0.2) is 0 Å². The molecule has 0 amide bonds. The number of hydrogen-bond acceptors (Lipinski definition) is 0. The molecule has 5 saturated carbocycles. The molecule has 5 aliphatic carbocycles. The van der Waals surface area contributed by atoms with Crippen LogP contribution < -0.4 is 0 Å². The van der Waals surface area contributed by atoms with Gasteiger partial charge in [0, 0.05) is 0 Å². The Morgan fingerprint density at radius 1 is 0.321 bits per heavy atom. The molecular weight excluding hydrogens is 336 g/mol. The summed E-state index contributed by atoms with van der Waals surface area (Å²) in [4.78, 5) is 0. The lowest BCUT2D eigenvalue weighted by atomic mass is 9.67. The fourth-order valence-electron chi connectivity index (χ4n) is 9.34. The second kappa shape index (κ2) is 9.01. The average Bonchev–Trinajstić information content (AvgIpc) is 2.96. The van der Waals surface area contributed by atoms with Gasteiger partial charge in [-0.05, 0) is 111 Å². The Labute approximate surface area is 176 Å². The fourth-order valence-corrected chi connectivity index (χ4v) is 9.34. The van der Waals surface area contributed by atoms with Crippen molar-refractivity contribution in [3.63, 3.8) is 0 Å². The van der Waals surface area contributed by atoms with Crippen LogP contribution in [0.3, 0.4) is 0 Å². The molecule has 0 saturated heterocycles. The molecule has 0 nitrogen and oxygen atoms in total. The summed E-state index contributed by atoms with van der Waals surface area (Å²) in [6, 6.07) is 0. The van der Waals surface area contributed by atoms with Crippen molar-refractivity contribution < 1.29 is 0 Å². The van der Waals surface area contributed by atoms with Gasteiger partial charge in [0.2, 0.25) is 0 Å². The summed E-state index contributed by atoms with van der Waals surface area (Å²) in [5.41, 5.74) is 0. The number of rotatable bonds is 0. The molecule has 0 heteroatoms. The number of fused-ring (bicyclic) bond motifs is 4. The monoisotopic (exact) mass is 384 g/mol. The van der Waals surface area contributed by atoms with Gasteiger partial charge in [-0.15, -0.1) is 0 Å². The molecule has 0 aliphatic heterocycles. The molecule has 5 rings (SSSR count). The number of hydrogen-bond donors (Lipinski definition) is 0. The van der Waals surface area contributed by atoms with E-state index in [1.807, 2.05) is 0 Å². The summed E-state index contributed by atoms with van der Waals surface area (Å²) in [5.74, 6) is 9.94. The van der Waals surface area contributed by atoms with E-state index >= 15 is 0 Å². The van der Waals surface area contributed by atoms with Crippen LogP contribution in [0.2, 0.25) is 0 Å². The molecule has 0 aromatic heterocycles. The van der Waals surface area contributed by atoms with Crippen LogP contribution in [0.25, 0.3) is 0 Å². The van der Waals surface area contributed by atoms with Crippen LogP contribution in [-0.2, 0) is 0 Å². The van der Waals surface area contributed by atoms with E-state index < -0.39 is 0 Å². The summed E-state index contributed by atoms with van der Waals surface area (Å²) in [5, 5.41) is 0. The third kappa shape index (κ3) is 4.37. The van der Waals surface area contributed by atoms with Crippen LogP contribution in [0.4, 0.5) is 0 Å². The topological polar surface area (TPSA) is 0 Å². The van der Waals surface area contributed by atoms with Crippen LogP contribution in [-0.4, -0.2) is 0 Å². The van der Waals surface area contributed by atoms with Crippen molar-refractivity contribution in [3.8, 4) is 0 Å². The third-order valence-electron chi connectivity index (χ3n) is 10.8. The van der Waals surface area contributed by atoms with Gasteiger partial charge in [0.05, 0.1) is 0 Å². The first-order chi connectivity index (χ1) is 13.8. The summed E-state index contributed by atoms with van der Waals surface area (Å²) < 4.78 is 0. The van der Waals surface area contributed by atoms with Gasteiger partial charge in [0.15, 0.2) is 0 Å². The third-order valence-corrected chi connectivity index (χ3v) is 10.8. The molecule has 5 fully saturated rings. The van der Waals surface area contributed by atoms with Crippen LogP contribution in [0.5, 0.6) is 0 Å². The SMILES string of the molecule is CC1CC2CC3CCC4CCCC5CCCCCCC5CCC4CC3CC2C1. The lowest BCUT2D eigenvalue weighted by molar-refractivity contribution is 0.114. The predicted octanol–water partition coefficient (Wildman–Crippen LogP) is 8.64. The maximum absolute atomic E-state index is 2.54. The van der Waals surface area contributed by atoms with E-state index in [-0.39, 0.29) is 0 Å². The second-order valence-electron chi connectivity index (χ2n) is 12.4. The predicted molar refractivity (Wildman–Crippen MR) is 120 cm³/mol. The van der Waals surface area contributed by atoms with Crippen molar-refractivity contribution in [1.82, 2.24) is 0 Å². The maximum Gasteiger partial charge on any atom is -0.0380 e. The van der Waals surface area contributed by atoms with Gasteiger partial charge in [-0.3, -0.25) is 0 Å². The Balaban J connectivity index is 1.26. The highest BCUT2D eigenvalue weighted by Crippen LogP contribution is 2.54. The zero-order valence-corrected chi connectivity index (χ0v) is 18.9. The molecule has 0 heterocycles. The first kappa shape index (κ1) is 19.9. The minimum absolute atomic E-state index is 1.03. The molecular formula is C28H48. The molecule has 5 aliphatic rings. The minimum Gasteiger partial charge on any atom is -0.0625 e. The first-order valence-corrected chi connectivity index (χ1v) is 13.8. The van der Waals surface area contributed by atoms with Gasteiger partial charge in [0.1, 0.15) is 0 Å². The normalized spacial score (nSPS) is 50.2. The minimum atomic E-state index is 1.03. The van der Waals surface area contributed by atoms with Crippen molar-refractivity contribution in [3.05, 3.63) is 0 Å². The molecule has 0 N–H and O–H groups in total. The zero-order valence-electron chi connectivity index (χ0n) is 18.9. The van der Waals surface area contributed by atoms with E-state index in [0.717, 1.165) is 53.3 Å². The van der Waals surface area contributed by atoms with Crippen molar-refractivity contribution in [2.45, 2.75) is 122 Å². The molecule has 0 aromatic rings. The van der Waals surface area contributed by atoms with E-state index in [1.54, 1.807) is 103 Å². The smallest absolute Gasteiger partial charge is 0.0380 e. The molecule has 160 valence electrons. The van der Waals surface area contributed by atoms with Crippen LogP contribution in [0.1, 0.15) is 122 Å². The Morgan fingerprint density at radius 2 is 0.714 bits per heavy atom. The maximum atomic E-state index is 2.54. The second-order valence-corrected chi connectivity index (χ2v) is 12.4. The molecule has 9 unspecified atom stereocenters. The Morgan fingerprint density at radius 3 is 1.36 bits per heavy atom. The lowest BCUT2D eigenvalue weighted by Crippen LogP contribution is -2.29. The van der Waals surface area contributed by atoms with Crippen LogP contribution >= 0.6 is 0 Å². The van der Waals surface area contributed by atoms with E-state index in [1.165, 1.54) is 12.8 Å². The highest BCUT2D eigenvalue weighted by atomic mass is 14.5. The average molecular weight is 385 g/mol. The van der Waals surface area contributed by atoms with E-state index in [2.05, 4.69) is 6.92 Å². The fraction of sp³-hybridized carbons (Fsp3) is 1.00. The van der Waals surface area contributed by atoms with Crippen molar-refractivity contribution in [2.24, 2.45) is 53.3 Å². The lowest BCUT2D eigenvalue weighted by Gasteiger charge is -2.39. The summed E-state index contributed by atoms with van der Waals surface area (Å²) in [7, 11) is 0. The van der Waals surface area contributed by atoms with Crippen LogP contribution in [0, 0.1) is 53.3 Å². The van der Waals surface area contributed by atoms with Gasteiger partial charge in [-0.25, -0.2) is 0 Å². The highest BCUT2D eigenvalue weighted by Gasteiger charge is 2.44. The van der Waals surface area contributed by atoms with Crippen molar-refractivity contribution >= 4 is 0 Å². The van der Waals surface area contributed by atoms with Gasteiger partial charge in [0.25, 0.3) is 0 Å². The Bertz CT molecular complexity index is 494. The van der Waals surface area contributed by atoms with Gasteiger partial charge >= 0.3 is 0 Å². The highest BCUT2D eigenvalue weighted by molar-refractivity contribution is 4.94. The Hall–Kier alpha value is 0. The molecule has 0 spiro atoms. The van der Waals surface area contributed by atoms with Gasteiger partial charge < -0.3 is 0 Å². The quantitative estimate of drug-likeness (QED) is 0.392. The summed E-state index contributed by atoms with van der Waals surface area (Å²) >= 11 is 0. The van der Waals surface area contributed by atoms with Crippen molar-refractivity contribution in [2.75, 3.05) is 0 Å². The van der Waals surface area contributed by atoms with E-state index in [4.69, 9.17) is 0 Å². The van der Waals surface area contributed by atoms with E-state index in [9.17, 15) is 0 Å². The Kier molecular flexibility index (Phi) is 6.42. The van der Waals surface area contributed by atoms with Crippen molar-refractivity contribution in [1.29, 1.82) is 0 Å². The molecule has 0 radical (unpaired) electrons. The summed E-state index contributed by atoms with van der Waals surface area (Å²) in [6.45, 7) is 2.54. The molecule has 0 aromatic carbocycles. The largest absolute Gasteiger partial charge is 0.0625 e. The first-order valence-electron chi connectivity index (χ1n) is 13.8.